The number of aliphatic hydroxyl groups is 2. The predicted molar refractivity (Wildman–Crippen MR) is 197 cm³/mol. The van der Waals surface area contributed by atoms with Crippen LogP contribution in [-0.2, 0) is 40.3 Å². The van der Waals surface area contributed by atoms with Crippen molar-refractivity contribution in [1.82, 2.24) is 21.3 Å². The molecule has 11 nitrogen and oxygen atoms in total. The molecule has 11 heteroatoms. The van der Waals surface area contributed by atoms with E-state index in [0.29, 0.717) is 12.2 Å². The second-order valence-corrected chi connectivity index (χ2v) is 13.4. The van der Waals surface area contributed by atoms with Gasteiger partial charge in [0.2, 0.25) is 11.8 Å². The van der Waals surface area contributed by atoms with Crippen LogP contribution in [0.2, 0.25) is 0 Å². The van der Waals surface area contributed by atoms with Crippen LogP contribution in [0.3, 0.4) is 0 Å². The molecular formula is C41H48N4O7. The topological polar surface area (TPSA) is 158 Å². The van der Waals surface area contributed by atoms with Crippen molar-refractivity contribution in [3.05, 3.63) is 137 Å². The van der Waals surface area contributed by atoms with Crippen molar-refractivity contribution < 1.29 is 34.1 Å². The summed E-state index contributed by atoms with van der Waals surface area (Å²) in [7, 11) is 1.58. The SMILES string of the molecule is COc1ccc(CN[C@@H](C(=O)N[C@H]2c3ccccc3C[C@H]2O)[C@H](O)[C@H](Cc2ccccc2)NC(=O)C(NC(=O)OCc2ccccc2)C(C)C)cc1. The predicted octanol–water partition coefficient (Wildman–Crippen LogP) is 3.97. The van der Waals surface area contributed by atoms with Crippen LogP contribution in [-0.4, -0.2) is 65.6 Å². The van der Waals surface area contributed by atoms with Crippen molar-refractivity contribution in [2.45, 2.75) is 76.2 Å². The van der Waals surface area contributed by atoms with E-state index < -0.39 is 54.3 Å². The zero-order valence-electron chi connectivity index (χ0n) is 29.7. The number of hydrogen-bond acceptors (Lipinski definition) is 8. The number of hydrogen-bond donors (Lipinski definition) is 6. The zero-order chi connectivity index (χ0) is 37.0. The normalized spacial score (nSPS) is 17.3. The molecule has 274 valence electrons. The number of carbonyl (C=O) groups excluding carboxylic acids is 3. The van der Waals surface area contributed by atoms with E-state index in [1.807, 2.05) is 97.1 Å². The van der Waals surface area contributed by atoms with Crippen LogP contribution in [0.15, 0.2) is 109 Å². The third-order valence-electron chi connectivity index (χ3n) is 9.28. The molecule has 5 rings (SSSR count). The van der Waals surface area contributed by atoms with Gasteiger partial charge in [-0.05, 0) is 52.3 Å². The fourth-order valence-electron chi connectivity index (χ4n) is 6.39. The molecule has 0 aliphatic heterocycles. The highest BCUT2D eigenvalue weighted by molar-refractivity contribution is 5.87. The quantitative estimate of drug-likeness (QED) is 0.102. The molecule has 1 unspecified atom stereocenters. The van der Waals surface area contributed by atoms with Gasteiger partial charge in [-0.25, -0.2) is 4.79 Å². The van der Waals surface area contributed by atoms with E-state index in [1.165, 1.54) is 0 Å². The molecule has 0 aromatic heterocycles. The number of amides is 3. The maximum Gasteiger partial charge on any atom is 0.408 e. The molecule has 6 N–H and O–H groups in total. The number of fused-ring (bicyclic) bond motifs is 1. The molecular weight excluding hydrogens is 660 g/mol. The molecule has 0 saturated carbocycles. The van der Waals surface area contributed by atoms with E-state index in [2.05, 4.69) is 21.3 Å². The lowest BCUT2D eigenvalue weighted by molar-refractivity contribution is -0.131. The van der Waals surface area contributed by atoms with E-state index in [0.717, 1.165) is 27.8 Å². The minimum absolute atomic E-state index is 0.0330. The Bertz CT molecular complexity index is 1750. The highest BCUT2D eigenvalue weighted by Crippen LogP contribution is 2.31. The molecule has 4 aromatic rings. The van der Waals surface area contributed by atoms with Crippen molar-refractivity contribution >= 4 is 17.9 Å². The van der Waals surface area contributed by atoms with Gasteiger partial charge in [-0.1, -0.05) is 111 Å². The Hall–Kier alpha value is -5.23. The van der Waals surface area contributed by atoms with E-state index in [1.54, 1.807) is 33.1 Å². The smallest absolute Gasteiger partial charge is 0.408 e. The van der Waals surface area contributed by atoms with Crippen LogP contribution in [0.25, 0.3) is 0 Å². The number of aliphatic hydroxyl groups excluding tert-OH is 2. The fraction of sp³-hybridized carbons (Fsp3) is 0.341. The fourth-order valence-corrected chi connectivity index (χ4v) is 6.39. The molecule has 3 amide bonds. The van der Waals surface area contributed by atoms with E-state index in [9.17, 15) is 24.6 Å². The van der Waals surface area contributed by atoms with Crippen molar-refractivity contribution in [2.75, 3.05) is 7.11 Å². The van der Waals surface area contributed by atoms with E-state index in [-0.39, 0.29) is 25.5 Å². The summed E-state index contributed by atoms with van der Waals surface area (Å²) in [6.45, 7) is 3.83. The highest BCUT2D eigenvalue weighted by atomic mass is 16.5. The first kappa shape index (κ1) is 38.0. The third kappa shape index (κ3) is 10.2. The van der Waals surface area contributed by atoms with Gasteiger partial charge in [0, 0.05) is 13.0 Å². The van der Waals surface area contributed by atoms with Crippen LogP contribution in [0.4, 0.5) is 4.79 Å². The monoisotopic (exact) mass is 708 g/mol. The second kappa shape index (κ2) is 18.3. The first-order valence-corrected chi connectivity index (χ1v) is 17.5. The number of ether oxygens (including phenoxy) is 2. The summed E-state index contributed by atoms with van der Waals surface area (Å²) in [5.74, 6) is -0.747. The molecule has 0 radical (unpaired) electrons. The molecule has 6 atom stereocenters. The highest BCUT2D eigenvalue weighted by Gasteiger charge is 2.39. The van der Waals surface area contributed by atoms with Crippen LogP contribution in [0.1, 0.15) is 47.7 Å². The Kier molecular flexibility index (Phi) is 13.4. The maximum atomic E-state index is 14.2. The van der Waals surface area contributed by atoms with E-state index >= 15 is 0 Å². The number of nitrogens with one attached hydrogen (secondary N) is 4. The summed E-state index contributed by atoms with van der Waals surface area (Å²) < 4.78 is 10.7. The van der Waals surface area contributed by atoms with Gasteiger partial charge in [-0.3, -0.25) is 14.9 Å². The number of alkyl carbamates (subject to hydrolysis) is 1. The minimum atomic E-state index is -1.45. The number of benzene rings is 4. The molecule has 0 saturated heterocycles. The van der Waals surface area contributed by atoms with Gasteiger partial charge in [0.1, 0.15) is 24.4 Å². The number of methoxy groups -OCH3 is 1. The molecule has 1 aliphatic rings. The molecule has 4 aromatic carbocycles. The van der Waals surface area contributed by atoms with Crippen molar-refractivity contribution in [2.24, 2.45) is 5.92 Å². The Balaban J connectivity index is 1.38. The Morgan fingerprint density at radius 3 is 2.06 bits per heavy atom. The molecule has 0 bridgehead atoms. The van der Waals surface area contributed by atoms with Crippen LogP contribution >= 0.6 is 0 Å². The first-order chi connectivity index (χ1) is 25.1. The van der Waals surface area contributed by atoms with Gasteiger partial charge in [-0.15, -0.1) is 0 Å². The first-order valence-electron chi connectivity index (χ1n) is 17.5. The van der Waals surface area contributed by atoms with Crippen molar-refractivity contribution in [3.8, 4) is 5.75 Å². The Morgan fingerprint density at radius 2 is 1.40 bits per heavy atom. The summed E-state index contributed by atoms with van der Waals surface area (Å²) in [5, 5.41) is 34.9. The van der Waals surface area contributed by atoms with Crippen molar-refractivity contribution in [1.29, 1.82) is 0 Å². The third-order valence-corrected chi connectivity index (χ3v) is 9.28. The van der Waals surface area contributed by atoms with Crippen molar-refractivity contribution in [3.63, 3.8) is 0 Å². The van der Waals surface area contributed by atoms with Gasteiger partial charge >= 0.3 is 6.09 Å². The molecule has 52 heavy (non-hydrogen) atoms. The van der Waals surface area contributed by atoms with Gasteiger partial charge in [0.05, 0.1) is 31.4 Å². The molecule has 0 heterocycles. The van der Waals surface area contributed by atoms with Crippen LogP contribution in [0.5, 0.6) is 5.75 Å². The van der Waals surface area contributed by atoms with Gasteiger partial charge in [0.25, 0.3) is 0 Å². The van der Waals surface area contributed by atoms with Gasteiger partial charge in [0.15, 0.2) is 0 Å². The lowest BCUT2D eigenvalue weighted by Crippen LogP contribution is -2.62. The largest absolute Gasteiger partial charge is 0.497 e. The minimum Gasteiger partial charge on any atom is -0.497 e. The zero-order valence-corrected chi connectivity index (χ0v) is 29.7. The summed E-state index contributed by atoms with van der Waals surface area (Å²) >= 11 is 0. The van der Waals surface area contributed by atoms with Crippen LogP contribution in [0, 0.1) is 5.92 Å². The summed E-state index contributed by atoms with van der Waals surface area (Å²) in [6.07, 6.45) is -2.49. The standard InChI is InChI=1S/C41H48N4O7/c1-26(2)35(45-41(50)52-25-29-14-8-5-9-15-29)39(48)43-33(22-27-12-6-4-7-13-27)38(47)37(42-24-28-18-20-31(51-3)21-19-28)40(49)44-36-32-17-11-10-16-30(32)23-34(36)46/h4-21,26,33-38,42,46-47H,22-25H2,1-3H3,(H,43,48)(H,44,49)(H,45,50)/t33-,34+,35?,36-,37+,38+/m0/s1. The molecule has 0 spiro atoms. The Morgan fingerprint density at radius 1 is 0.769 bits per heavy atom. The van der Waals surface area contributed by atoms with Gasteiger partial charge in [-0.2, -0.15) is 0 Å². The molecule has 0 fully saturated rings. The summed E-state index contributed by atoms with van der Waals surface area (Å²) in [4.78, 5) is 40.9. The number of carbonyl (C=O) groups is 3. The van der Waals surface area contributed by atoms with Gasteiger partial charge < -0.3 is 35.6 Å². The lowest BCUT2D eigenvalue weighted by Gasteiger charge is -2.33. The lowest BCUT2D eigenvalue weighted by atomic mass is 9.94. The van der Waals surface area contributed by atoms with Crippen LogP contribution < -0.4 is 26.0 Å². The summed E-state index contributed by atoms with van der Waals surface area (Å²) in [6, 6.07) is 29.5. The summed E-state index contributed by atoms with van der Waals surface area (Å²) in [5.41, 5.74) is 4.20. The maximum absolute atomic E-state index is 14.2. The second-order valence-electron chi connectivity index (χ2n) is 13.4. The average Bonchev–Trinajstić information content (AvgIpc) is 3.47. The van der Waals surface area contributed by atoms with E-state index in [4.69, 9.17) is 9.47 Å². The Labute approximate surface area is 304 Å². The average molecular weight is 709 g/mol. The number of rotatable bonds is 16. The molecule has 1 aliphatic carbocycles.